The first-order chi connectivity index (χ1) is 12.8. The van der Waals surface area contributed by atoms with E-state index in [0.29, 0.717) is 32.4 Å². The van der Waals surface area contributed by atoms with E-state index >= 15 is 0 Å². The Kier molecular flexibility index (Phi) is 4.01. The third-order valence-corrected chi connectivity index (χ3v) is 5.55. The number of fused-ring (bicyclic) bond motifs is 2. The number of hydrogen-bond acceptors (Lipinski definition) is 3. The molecule has 142 valence electrons. The standard InChI is InChI=1S/C19H20F2N4O2/c1-12-7-16-23(2)17(26)11-19(25(16)22-12)3-5-24(6-4-19)18(27)13-8-14(20)10-15(21)9-13/h7-10H,3-6,11H2,1-2H3. The zero-order chi connectivity index (χ0) is 19.3. The average Bonchev–Trinajstić information content (AvgIpc) is 3.02. The summed E-state index contributed by atoms with van der Waals surface area (Å²) in [6.07, 6.45) is 1.45. The molecule has 0 bridgehead atoms. The lowest BCUT2D eigenvalue weighted by Crippen LogP contribution is -2.54. The first-order valence-electron chi connectivity index (χ1n) is 8.88. The van der Waals surface area contributed by atoms with E-state index in [-0.39, 0.29) is 11.5 Å². The van der Waals surface area contributed by atoms with E-state index < -0.39 is 23.1 Å². The highest BCUT2D eigenvalue weighted by Gasteiger charge is 2.45. The maximum absolute atomic E-state index is 13.4. The van der Waals surface area contributed by atoms with Gasteiger partial charge in [0.25, 0.3) is 5.91 Å². The summed E-state index contributed by atoms with van der Waals surface area (Å²) in [7, 11) is 1.74. The number of rotatable bonds is 1. The first kappa shape index (κ1) is 17.6. The van der Waals surface area contributed by atoms with Crippen LogP contribution in [0, 0.1) is 18.6 Å². The number of amides is 2. The van der Waals surface area contributed by atoms with Crippen LogP contribution in [0.3, 0.4) is 0 Å². The number of aromatic nitrogens is 2. The van der Waals surface area contributed by atoms with Crippen molar-refractivity contribution in [2.75, 3.05) is 25.0 Å². The molecule has 0 N–H and O–H groups in total. The maximum atomic E-state index is 13.4. The Labute approximate surface area is 155 Å². The zero-order valence-electron chi connectivity index (χ0n) is 15.2. The average molecular weight is 374 g/mol. The van der Waals surface area contributed by atoms with Gasteiger partial charge in [-0.3, -0.25) is 9.59 Å². The van der Waals surface area contributed by atoms with Crippen molar-refractivity contribution < 1.29 is 18.4 Å². The second-order valence-electron chi connectivity index (χ2n) is 7.36. The van der Waals surface area contributed by atoms with E-state index in [1.54, 1.807) is 16.8 Å². The summed E-state index contributed by atoms with van der Waals surface area (Å²) in [4.78, 5) is 28.3. The number of aryl methyl sites for hydroxylation is 1. The summed E-state index contributed by atoms with van der Waals surface area (Å²) in [5.74, 6) is -1.17. The normalized spacial score (nSPS) is 18.7. The minimum atomic E-state index is -0.774. The van der Waals surface area contributed by atoms with Gasteiger partial charge in [0.15, 0.2) is 0 Å². The Morgan fingerprint density at radius 3 is 2.37 bits per heavy atom. The Bertz CT molecular complexity index is 912. The van der Waals surface area contributed by atoms with Crippen LogP contribution in [0.1, 0.15) is 35.3 Å². The van der Waals surface area contributed by atoms with Crippen molar-refractivity contribution in [2.45, 2.75) is 31.7 Å². The number of carbonyl (C=O) groups excluding carboxylic acids is 2. The lowest BCUT2D eigenvalue weighted by Gasteiger charge is -2.46. The van der Waals surface area contributed by atoms with Crippen LogP contribution in [0.5, 0.6) is 0 Å². The molecule has 0 saturated carbocycles. The molecule has 0 aliphatic carbocycles. The van der Waals surface area contributed by atoms with Gasteiger partial charge < -0.3 is 9.80 Å². The van der Waals surface area contributed by atoms with Crippen molar-refractivity contribution in [2.24, 2.45) is 0 Å². The van der Waals surface area contributed by atoms with Crippen LogP contribution in [-0.4, -0.2) is 46.6 Å². The minimum absolute atomic E-state index is 0.00136. The molecular formula is C19H20F2N4O2. The van der Waals surface area contributed by atoms with Crippen LogP contribution in [0.25, 0.3) is 0 Å². The van der Waals surface area contributed by atoms with E-state index in [9.17, 15) is 18.4 Å². The Balaban J connectivity index is 1.57. The fraction of sp³-hybridized carbons (Fsp3) is 0.421. The monoisotopic (exact) mass is 374 g/mol. The summed E-state index contributed by atoms with van der Waals surface area (Å²) in [6, 6.07) is 4.72. The van der Waals surface area contributed by atoms with E-state index in [2.05, 4.69) is 5.10 Å². The molecule has 0 unspecified atom stereocenters. The molecule has 8 heteroatoms. The van der Waals surface area contributed by atoms with Gasteiger partial charge in [0, 0.05) is 37.8 Å². The highest BCUT2D eigenvalue weighted by Crippen LogP contribution is 2.41. The lowest BCUT2D eigenvalue weighted by molar-refractivity contribution is -0.122. The van der Waals surface area contributed by atoms with Crippen molar-refractivity contribution in [3.05, 3.63) is 47.2 Å². The first-order valence-corrected chi connectivity index (χ1v) is 8.88. The molecule has 1 aromatic heterocycles. The highest BCUT2D eigenvalue weighted by molar-refractivity contribution is 5.95. The van der Waals surface area contributed by atoms with Gasteiger partial charge in [-0.25, -0.2) is 13.5 Å². The largest absolute Gasteiger partial charge is 0.338 e. The number of anilines is 1. The smallest absolute Gasteiger partial charge is 0.254 e. The molecule has 3 heterocycles. The molecule has 2 aliphatic heterocycles. The van der Waals surface area contributed by atoms with Gasteiger partial charge >= 0.3 is 0 Å². The molecule has 1 aromatic carbocycles. The molecule has 2 aliphatic rings. The predicted octanol–water partition coefficient (Wildman–Crippen LogP) is 2.47. The van der Waals surface area contributed by atoms with Gasteiger partial charge in [-0.05, 0) is 31.9 Å². The molecule has 6 nitrogen and oxygen atoms in total. The topological polar surface area (TPSA) is 58.4 Å². The molecule has 1 spiro atoms. The molecule has 4 rings (SSSR count). The quantitative estimate of drug-likeness (QED) is 0.771. The van der Waals surface area contributed by atoms with Gasteiger partial charge in [0.2, 0.25) is 5.91 Å². The Morgan fingerprint density at radius 1 is 1.11 bits per heavy atom. The van der Waals surface area contributed by atoms with Crippen molar-refractivity contribution in [1.29, 1.82) is 0 Å². The van der Waals surface area contributed by atoms with Crippen LogP contribution in [0.2, 0.25) is 0 Å². The Hall–Kier alpha value is -2.77. The van der Waals surface area contributed by atoms with Crippen LogP contribution in [-0.2, 0) is 10.3 Å². The number of likely N-dealkylation sites (tertiary alicyclic amines) is 1. The third-order valence-electron chi connectivity index (χ3n) is 5.55. The summed E-state index contributed by atoms with van der Waals surface area (Å²) in [5, 5.41) is 4.58. The van der Waals surface area contributed by atoms with Crippen molar-refractivity contribution in [1.82, 2.24) is 14.7 Å². The second kappa shape index (κ2) is 6.14. The van der Waals surface area contributed by atoms with Crippen molar-refractivity contribution >= 4 is 17.6 Å². The lowest BCUT2D eigenvalue weighted by atomic mass is 9.82. The predicted molar refractivity (Wildman–Crippen MR) is 94.5 cm³/mol. The highest BCUT2D eigenvalue weighted by atomic mass is 19.1. The van der Waals surface area contributed by atoms with Gasteiger partial charge in [0.1, 0.15) is 17.5 Å². The van der Waals surface area contributed by atoms with Crippen LogP contribution < -0.4 is 4.90 Å². The van der Waals surface area contributed by atoms with Crippen LogP contribution in [0.4, 0.5) is 14.6 Å². The summed E-state index contributed by atoms with van der Waals surface area (Å²) in [5.41, 5.74) is 0.371. The molecular weight excluding hydrogens is 354 g/mol. The zero-order valence-corrected chi connectivity index (χ0v) is 15.2. The number of nitrogens with zero attached hydrogens (tertiary/aromatic N) is 4. The van der Waals surface area contributed by atoms with Crippen LogP contribution in [0.15, 0.2) is 24.3 Å². The van der Waals surface area contributed by atoms with E-state index in [4.69, 9.17) is 0 Å². The maximum Gasteiger partial charge on any atom is 0.254 e. The van der Waals surface area contributed by atoms with Gasteiger partial charge in [0.05, 0.1) is 17.7 Å². The fourth-order valence-electron chi connectivity index (χ4n) is 4.05. The molecule has 2 amide bonds. The van der Waals surface area contributed by atoms with E-state index in [1.165, 1.54) is 0 Å². The van der Waals surface area contributed by atoms with E-state index in [0.717, 1.165) is 29.7 Å². The molecule has 1 fully saturated rings. The SMILES string of the molecule is Cc1cc2n(n1)C1(CCN(C(=O)c3cc(F)cc(F)c3)CC1)CC(=O)N2C. The minimum Gasteiger partial charge on any atom is -0.338 e. The number of benzene rings is 1. The molecule has 0 radical (unpaired) electrons. The van der Waals surface area contributed by atoms with Crippen molar-refractivity contribution in [3.63, 3.8) is 0 Å². The summed E-state index contributed by atoms with van der Waals surface area (Å²) >= 11 is 0. The van der Waals surface area contributed by atoms with Crippen molar-refractivity contribution in [3.8, 4) is 0 Å². The van der Waals surface area contributed by atoms with Gasteiger partial charge in [-0.15, -0.1) is 0 Å². The molecule has 27 heavy (non-hydrogen) atoms. The fourth-order valence-corrected chi connectivity index (χ4v) is 4.05. The van der Waals surface area contributed by atoms with E-state index in [1.807, 2.05) is 17.7 Å². The Morgan fingerprint density at radius 2 is 1.74 bits per heavy atom. The number of halogens is 2. The van der Waals surface area contributed by atoms with Gasteiger partial charge in [-0.2, -0.15) is 5.10 Å². The molecule has 2 aromatic rings. The van der Waals surface area contributed by atoms with Crippen LogP contribution >= 0.6 is 0 Å². The van der Waals surface area contributed by atoms with Gasteiger partial charge in [-0.1, -0.05) is 0 Å². The number of piperidine rings is 1. The molecule has 1 saturated heterocycles. The number of carbonyl (C=O) groups is 2. The molecule has 0 atom stereocenters. The number of hydrogen-bond donors (Lipinski definition) is 0. The second-order valence-corrected chi connectivity index (χ2v) is 7.36. The third kappa shape index (κ3) is 2.89. The summed E-state index contributed by atoms with van der Waals surface area (Å²) < 4.78 is 28.8. The summed E-state index contributed by atoms with van der Waals surface area (Å²) in [6.45, 7) is 2.67.